The van der Waals surface area contributed by atoms with Crippen LogP contribution in [0.1, 0.15) is 19.3 Å². The maximum Gasteiger partial charge on any atom is 0.146 e. The molecule has 88 valence electrons. The Balaban J connectivity index is 2.24. The Hall–Kier alpha value is 0.360. The zero-order valence-electron chi connectivity index (χ0n) is 9.31. The van der Waals surface area contributed by atoms with Gasteiger partial charge in [0.15, 0.2) is 0 Å². The molecule has 1 rings (SSSR count). The van der Waals surface area contributed by atoms with Crippen molar-refractivity contribution in [1.82, 2.24) is 0 Å². The van der Waals surface area contributed by atoms with E-state index in [1.807, 2.05) is 6.08 Å². The Kier molecular flexibility index (Phi) is 7.61. The first kappa shape index (κ1) is 13.4. The molecule has 0 radical (unpaired) electrons. The van der Waals surface area contributed by atoms with Crippen molar-refractivity contribution in [2.24, 2.45) is 0 Å². The fourth-order valence-electron chi connectivity index (χ4n) is 1.47. The van der Waals surface area contributed by atoms with Crippen LogP contribution in [-0.4, -0.2) is 36.1 Å². The van der Waals surface area contributed by atoms with Gasteiger partial charge in [-0.05, 0) is 30.8 Å². The third kappa shape index (κ3) is 5.85. The Labute approximate surface area is 101 Å². The van der Waals surface area contributed by atoms with Gasteiger partial charge in [0.1, 0.15) is 6.79 Å². The van der Waals surface area contributed by atoms with Crippen molar-refractivity contribution in [3.63, 3.8) is 0 Å². The number of ether oxygens (including phenoxy) is 2. The number of rotatable bonds is 7. The van der Waals surface area contributed by atoms with Crippen LogP contribution in [0, 0.1) is 0 Å². The molecule has 15 heavy (non-hydrogen) atoms. The van der Waals surface area contributed by atoms with E-state index in [4.69, 9.17) is 9.47 Å². The predicted molar refractivity (Wildman–Crippen MR) is 69.5 cm³/mol. The highest BCUT2D eigenvalue weighted by Crippen LogP contribution is 2.34. The van der Waals surface area contributed by atoms with E-state index in [-0.39, 0.29) is 6.10 Å². The summed E-state index contributed by atoms with van der Waals surface area (Å²) < 4.78 is 11.2. The summed E-state index contributed by atoms with van der Waals surface area (Å²) >= 11 is 4.12. The highest BCUT2D eigenvalue weighted by molar-refractivity contribution is 8.17. The van der Waals surface area contributed by atoms with Crippen molar-refractivity contribution in [2.75, 3.05) is 25.4 Å². The van der Waals surface area contributed by atoms with Gasteiger partial charge in [-0.1, -0.05) is 6.08 Å². The summed E-state index contributed by atoms with van der Waals surface area (Å²) in [6.07, 6.45) is 5.56. The van der Waals surface area contributed by atoms with Crippen LogP contribution in [0.15, 0.2) is 12.7 Å². The fourth-order valence-corrected chi connectivity index (χ4v) is 4.46. The molecule has 1 aliphatic heterocycles. The van der Waals surface area contributed by atoms with Crippen molar-refractivity contribution >= 4 is 23.5 Å². The minimum Gasteiger partial charge on any atom is -0.359 e. The summed E-state index contributed by atoms with van der Waals surface area (Å²) in [6, 6.07) is 0. The van der Waals surface area contributed by atoms with Crippen molar-refractivity contribution in [1.29, 1.82) is 0 Å². The molecule has 0 aromatic carbocycles. The van der Waals surface area contributed by atoms with Gasteiger partial charge < -0.3 is 9.47 Å². The average Bonchev–Trinajstić information content (AvgIpc) is 2.28. The third-order valence-corrected chi connectivity index (χ3v) is 5.20. The van der Waals surface area contributed by atoms with E-state index in [1.165, 1.54) is 17.9 Å². The van der Waals surface area contributed by atoms with E-state index < -0.39 is 0 Å². The van der Waals surface area contributed by atoms with Gasteiger partial charge in [0.2, 0.25) is 0 Å². The molecule has 0 amide bonds. The summed E-state index contributed by atoms with van der Waals surface area (Å²) in [5.74, 6) is 2.59. The largest absolute Gasteiger partial charge is 0.359 e. The molecule has 0 aliphatic carbocycles. The quantitative estimate of drug-likeness (QED) is 0.509. The van der Waals surface area contributed by atoms with E-state index in [0.29, 0.717) is 11.4 Å². The van der Waals surface area contributed by atoms with Crippen LogP contribution in [0.3, 0.4) is 0 Å². The lowest BCUT2D eigenvalue weighted by molar-refractivity contribution is -0.0713. The fraction of sp³-hybridized carbons (Fsp3) is 0.818. The van der Waals surface area contributed by atoms with Gasteiger partial charge in [-0.25, -0.2) is 0 Å². The highest BCUT2D eigenvalue weighted by Gasteiger charge is 2.19. The molecule has 0 bridgehead atoms. The summed E-state index contributed by atoms with van der Waals surface area (Å²) in [7, 11) is 1.66. The zero-order valence-corrected chi connectivity index (χ0v) is 10.9. The first-order valence-electron chi connectivity index (χ1n) is 5.31. The number of hydrogen-bond acceptors (Lipinski definition) is 4. The van der Waals surface area contributed by atoms with E-state index in [1.54, 1.807) is 7.11 Å². The Morgan fingerprint density at radius 2 is 2.20 bits per heavy atom. The van der Waals surface area contributed by atoms with E-state index >= 15 is 0 Å². The lowest BCUT2D eigenvalue weighted by atomic mass is 10.2. The monoisotopic (exact) mass is 248 g/mol. The molecule has 4 heteroatoms. The molecule has 0 aromatic heterocycles. The van der Waals surface area contributed by atoms with Crippen molar-refractivity contribution < 1.29 is 9.47 Å². The molecule has 0 unspecified atom stereocenters. The Bertz CT molecular complexity index is 170. The lowest BCUT2D eigenvalue weighted by Crippen LogP contribution is -2.20. The van der Waals surface area contributed by atoms with E-state index in [2.05, 4.69) is 30.1 Å². The summed E-state index contributed by atoms with van der Waals surface area (Å²) in [5.41, 5.74) is 0. The van der Waals surface area contributed by atoms with Gasteiger partial charge in [0, 0.05) is 7.11 Å². The molecule has 0 N–H and O–H groups in total. The van der Waals surface area contributed by atoms with Gasteiger partial charge in [-0.15, -0.1) is 30.1 Å². The summed E-state index contributed by atoms with van der Waals surface area (Å²) in [4.78, 5) is 0. The second kappa shape index (κ2) is 8.50. The van der Waals surface area contributed by atoms with Crippen LogP contribution >= 0.6 is 23.5 Å². The number of hydrogen-bond donors (Lipinski definition) is 0. The van der Waals surface area contributed by atoms with E-state index in [9.17, 15) is 0 Å². The van der Waals surface area contributed by atoms with Gasteiger partial charge in [-0.3, -0.25) is 0 Å². The second-order valence-corrected chi connectivity index (χ2v) is 6.40. The standard InChI is InChI=1S/C11H20O2S2/c1-3-5-10(13-9-12-2)8-11-14-6-4-7-15-11/h3,10-11H,1,4-9H2,2H3/t10-/m0/s1. The minimum absolute atomic E-state index is 0.269. The van der Waals surface area contributed by atoms with Crippen LogP contribution in [0.4, 0.5) is 0 Å². The van der Waals surface area contributed by atoms with Crippen LogP contribution in [0.2, 0.25) is 0 Å². The molecule has 1 fully saturated rings. The van der Waals surface area contributed by atoms with E-state index in [0.717, 1.165) is 12.8 Å². The van der Waals surface area contributed by atoms with Gasteiger partial charge >= 0.3 is 0 Å². The number of thioether (sulfide) groups is 2. The molecular formula is C11H20O2S2. The number of methoxy groups -OCH3 is 1. The predicted octanol–water partition coefficient (Wildman–Crippen LogP) is 3.14. The van der Waals surface area contributed by atoms with Crippen LogP contribution < -0.4 is 0 Å². The normalized spacial score (nSPS) is 20.1. The van der Waals surface area contributed by atoms with Crippen molar-refractivity contribution in [3.8, 4) is 0 Å². The first-order valence-corrected chi connectivity index (χ1v) is 7.41. The van der Waals surface area contributed by atoms with Crippen molar-refractivity contribution in [2.45, 2.75) is 29.9 Å². The smallest absolute Gasteiger partial charge is 0.146 e. The Morgan fingerprint density at radius 1 is 1.47 bits per heavy atom. The topological polar surface area (TPSA) is 18.5 Å². The minimum atomic E-state index is 0.269. The van der Waals surface area contributed by atoms with Gasteiger partial charge in [0.25, 0.3) is 0 Å². The maximum absolute atomic E-state index is 5.61. The summed E-state index contributed by atoms with van der Waals surface area (Å²) in [6.45, 7) is 4.16. The average molecular weight is 248 g/mol. The highest BCUT2D eigenvalue weighted by atomic mass is 32.2. The summed E-state index contributed by atoms with van der Waals surface area (Å²) in [5, 5.41) is 0. The van der Waals surface area contributed by atoms with Gasteiger partial charge in [-0.2, -0.15) is 0 Å². The van der Waals surface area contributed by atoms with Crippen LogP contribution in [-0.2, 0) is 9.47 Å². The molecule has 2 nitrogen and oxygen atoms in total. The lowest BCUT2D eigenvalue weighted by Gasteiger charge is -2.25. The molecule has 1 saturated heterocycles. The molecule has 1 heterocycles. The van der Waals surface area contributed by atoms with Crippen LogP contribution in [0.25, 0.3) is 0 Å². The first-order chi connectivity index (χ1) is 7.36. The second-order valence-electron chi connectivity index (χ2n) is 3.48. The third-order valence-electron chi connectivity index (χ3n) is 2.20. The molecular weight excluding hydrogens is 228 g/mol. The molecule has 0 saturated carbocycles. The zero-order chi connectivity index (χ0) is 10.9. The molecule has 0 spiro atoms. The van der Waals surface area contributed by atoms with Gasteiger partial charge in [0.05, 0.1) is 10.7 Å². The Morgan fingerprint density at radius 3 is 2.80 bits per heavy atom. The van der Waals surface area contributed by atoms with Crippen molar-refractivity contribution in [3.05, 3.63) is 12.7 Å². The van der Waals surface area contributed by atoms with Crippen LogP contribution in [0.5, 0.6) is 0 Å². The molecule has 1 atom stereocenters. The molecule has 1 aliphatic rings. The SMILES string of the molecule is C=CC[C@@H](CC1SCCCS1)OCOC. The maximum atomic E-state index is 5.61. The molecule has 0 aromatic rings.